The minimum Gasteiger partial charge on any atom is -0.381 e. The Balaban J connectivity index is 2.22. The van der Waals surface area contributed by atoms with Gasteiger partial charge in [-0.25, -0.2) is 8.42 Å². The van der Waals surface area contributed by atoms with Crippen LogP contribution in [0.15, 0.2) is 36.5 Å². The maximum Gasteiger partial charge on any atom is 0.152 e. The second kappa shape index (κ2) is 5.57. The zero-order valence-corrected chi connectivity index (χ0v) is 11.9. The summed E-state index contributed by atoms with van der Waals surface area (Å²) in [6.45, 7) is 3.55. The van der Waals surface area contributed by atoms with Crippen LogP contribution in [-0.2, 0) is 9.84 Å². The number of rotatable bonds is 5. The van der Waals surface area contributed by atoms with Crippen molar-refractivity contribution in [1.29, 1.82) is 0 Å². The van der Waals surface area contributed by atoms with Gasteiger partial charge in [-0.15, -0.1) is 0 Å². The summed E-state index contributed by atoms with van der Waals surface area (Å²) in [4.78, 5) is 4.28. The van der Waals surface area contributed by atoms with Gasteiger partial charge in [-0.3, -0.25) is 4.98 Å². The molecule has 102 valence electrons. The molecule has 1 N–H and O–H groups in total. The highest BCUT2D eigenvalue weighted by Crippen LogP contribution is 2.22. The number of fused-ring (bicyclic) bond motifs is 1. The Hall–Kier alpha value is -1.62. The molecular formula is C14H18N2O2S. The van der Waals surface area contributed by atoms with E-state index in [4.69, 9.17) is 0 Å². The van der Waals surface area contributed by atoms with E-state index in [1.807, 2.05) is 37.3 Å². The maximum atomic E-state index is 11.6. The minimum atomic E-state index is -2.97. The summed E-state index contributed by atoms with van der Waals surface area (Å²) in [5, 5.41) is 4.26. The minimum absolute atomic E-state index is 0.129. The first-order chi connectivity index (χ1) is 9.02. The molecule has 5 heteroatoms. The fourth-order valence-electron chi connectivity index (χ4n) is 2.04. The highest BCUT2D eigenvalue weighted by atomic mass is 32.2. The molecule has 0 saturated carbocycles. The average Bonchev–Trinajstić information content (AvgIpc) is 2.38. The van der Waals surface area contributed by atoms with Crippen molar-refractivity contribution in [3.05, 3.63) is 36.5 Å². The lowest BCUT2D eigenvalue weighted by Gasteiger charge is -2.16. The van der Waals surface area contributed by atoms with Gasteiger partial charge in [0.25, 0.3) is 0 Å². The van der Waals surface area contributed by atoms with E-state index >= 15 is 0 Å². The van der Waals surface area contributed by atoms with Crippen molar-refractivity contribution in [2.45, 2.75) is 19.9 Å². The number of hydrogen-bond donors (Lipinski definition) is 1. The number of hydrogen-bond acceptors (Lipinski definition) is 4. The summed E-state index contributed by atoms with van der Waals surface area (Å²) >= 11 is 0. The molecule has 0 saturated heterocycles. The van der Waals surface area contributed by atoms with Crippen molar-refractivity contribution >= 4 is 26.4 Å². The van der Waals surface area contributed by atoms with Crippen LogP contribution in [0, 0.1) is 0 Å². The molecule has 0 fully saturated rings. The SMILES string of the molecule is CCS(=O)(=O)CC(C)Nc1cccc2ncccc12. The van der Waals surface area contributed by atoms with Crippen molar-refractivity contribution in [3.8, 4) is 0 Å². The molecular weight excluding hydrogens is 260 g/mol. The first-order valence-corrected chi connectivity index (χ1v) is 8.14. The zero-order chi connectivity index (χ0) is 13.9. The maximum absolute atomic E-state index is 11.6. The van der Waals surface area contributed by atoms with Crippen LogP contribution in [0.4, 0.5) is 5.69 Å². The van der Waals surface area contributed by atoms with E-state index in [0.29, 0.717) is 0 Å². The standard InChI is InChI=1S/C14H18N2O2S/c1-3-19(17,18)10-11(2)16-14-8-4-7-13-12(14)6-5-9-15-13/h4-9,11,16H,3,10H2,1-2H3. The topological polar surface area (TPSA) is 59.1 Å². The van der Waals surface area contributed by atoms with Gasteiger partial charge in [0.15, 0.2) is 9.84 Å². The van der Waals surface area contributed by atoms with Crippen molar-refractivity contribution in [3.63, 3.8) is 0 Å². The van der Waals surface area contributed by atoms with Gasteiger partial charge < -0.3 is 5.32 Å². The molecule has 1 unspecified atom stereocenters. The summed E-state index contributed by atoms with van der Waals surface area (Å²) in [7, 11) is -2.97. The Bertz CT molecular complexity index is 663. The molecule has 2 rings (SSSR count). The Morgan fingerprint density at radius 3 is 2.79 bits per heavy atom. The van der Waals surface area contributed by atoms with E-state index in [9.17, 15) is 8.42 Å². The highest BCUT2D eigenvalue weighted by Gasteiger charge is 2.14. The molecule has 0 amide bonds. The molecule has 1 aromatic heterocycles. The molecule has 1 aromatic carbocycles. The van der Waals surface area contributed by atoms with Crippen molar-refractivity contribution in [1.82, 2.24) is 4.98 Å². The van der Waals surface area contributed by atoms with Gasteiger partial charge in [0, 0.05) is 29.1 Å². The summed E-state index contributed by atoms with van der Waals surface area (Å²) in [5.41, 5.74) is 1.82. The number of nitrogens with zero attached hydrogens (tertiary/aromatic N) is 1. The van der Waals surface area contributed by atoms with E-state index < -0.39 is 9.84 Å². The molecule has 0 radical (unpaired) electrons. The van der Waals surface area contributed by atoms with Crippen molar-refractivity contribution in [2.24, 2.45) is 0 Å². The molecule has 0 spiro atoms. The van der Waals surface area contributed by atoms with Crippen LogP contribution in [0.5, 0.6) is 0 Å². The van der Waals surface area contributed by atoms with Gasteiger partial charge in [0.05, 0.1) is 11.3 Å². The van der Waals surface area contributed by atoms with Crippen LogP contribution < -0.4 is 5.32 Å². The molecule has 0 aliphatic heterocycles. The molecule has 0 aliphatic carbocycles. The van der Waals surface area contributed by atoms with E-state index in [1.165, 1.54) is 0 Å². The Labute approximate surface area is 113 Å². The number of benzene rings is 1. The van der Waals surface area contributed by atoms with Gasteiger partial charge in [-0.1, -0.05) is 13.0 Å². The largest absolute Gasteiger partial charge is 0.381 e. The van der Waals surface area contributed by atoms with Crippen LogP contribution in [0.2, 0.25) is 0 Å². The summed E-state index contributed by atoms with van der Waals surface area (Å²) in [6.07, 6.45) is 1.75. The third-order valence-corrected chi connectivity index (χ3v) is 4.88. The first-order valence-electron chi connectivity index (χ1n) is 6.32. The summed E-state index contributed by atoms with van der Waals surface area (Å²) in [5.74, 6) is 0.316. The Kier molecular flexibility index (Phi) is 4.04. The number of sulfone groups is 1. The molecule has 0 bridgehead atoms. The van der Waals surface area contributed by atoms with Crippen LogP contribution >= 0.6 is 0 Å². The van der Waals surface area contributed by atoms with Gasteiger partial charge in [0.2, 0.25) is 0 Å². The molecule has 1 atom stereocenters. The van der Waals surface area contributed by atoms with Crippen LogP contribution in [0.1, 0.15) is 13.8 Å². The van der Waals surface area contributed by atoms with E-state index in [2.05, 4.69) is 10.3 Å². The molecule has 1 heterocycles. The predicted octanol–water partition coefficient (Wildman–Crippen LogP) is 2.47. The molecule has 0 aliphatic rings. The monoisotopic (exact) mass is 278 g/mol. The number of anilines is 1. The molecule has 4 nitrogen and oxygen atoms in total. The second-order valence-corrected chi connectivity index (χ2v) is 7.02. The third-order valence-electron chi connectivity index (χ3n) is 2.99. The highest BCUT2D eigenvalue weighted by molar-refractivity contribution is 7.91. The zero-order valence-electron chi connectivity index (χ0n) is 11.1. The third kappa shape index (κ3) is 3.44. The van der Waals surface area contributed by atoms with Crippen LogP contribution in [0.3, 0.4) is 0 Å². The number of pyridine rings is 1. The van der Waals surface area contributed by atoms with Gasteiger partial charge in [-0.05, 0) is 31.2 Å². The Morgan fingerprint density at radius 1 is 1.26 bits per heavy atom. The van der Waals surface area contributed by atoms with Gasteiger partial charge in [-0.2, -0.15) is 0 Å². The smallest absolute Gasteiger partial charge is 0.152 e. The quantitative estimate of drug-likeness (QED) is 0.912. The fourth-order valence-corrected chi connectivity index (χ4v) is 3.12. The fraction of sp³-hybridized carbons (Fsp3) is 0.357. The lowest BCUT2D eigenvalue weighted by Crippen LogP contribution is -2.26. The van der Waals surface area contributed by atoms with E-state index in [-0.39, 0.29) is 17.5 Å². The second-order valence-electron chi connectivity index (χ2n) is 4.62. The lowest BCUT2D eigenvalue weighted by atomic mass is 10.1. The van der Waals surface area contributed by atoms with Gasteiger partial charge >= 0.3 is 0 Å². The number of aromatic nitrogens is 1. The van der Waals surface area contributed by atoms with Crippen molar-refractivity contribution < 1.29 is 8.42 Å². The normalized spacial score (nSPS) is 13.4. The van der Waals surface area contributed by atoms with Crippen LogP contribution in [-0.4, -0.2) is 30.9 Å². The predicted molar refractivity (Wildman–Crippen MR) is 79.2 cm³/mol. The van der Waals surface area contributed by atoms with E-state index in [1.54, 1.807) is 13.1 Å². The average molecular weight is 278 g/mol. The van der Waals surface area contributed by atoms with Gasteiger partial charge in [0.1, 0.15) is 0 Å². The number of nitrogens with one attached hydrogen (secondary N) is 1. The van der Waals surface area contributed by atoms with Crippen LogP contribution in [0.25, 0.3) is 10.9 Å². The molecule has 2 aromatic rings. The lowest BCUT2D eigenvalue weighted by molar-refractivity contribution is 0.593. The Morgan fingerprint density at radius 2 is 2.05 bits per heavy atom. The first kappa shape index (κ1) is 13.8. The summed E-state index contributed by atoms with van der Waals surface area (Å²) < 4.78 is 23.2. The van der Waals surface area contributed by atoms with Crippen molar-refractivity contribution in [2.75, 3.05) is 16.8 Å². The van der Waals surface area contributed by atoms with E-state index in [0.717, 1.165) is 16.6 Å². The summed E-state index contributed by atoms with van der Waals surface area (Å²) in [6, 6.07) is 9.52. The molecule has 19 heavy (non-hydrogen) atoms.